The lowest BCUT2D eigenvalue weighted by Gasteiger charge is -2.35. The average Bonchev–Trinajstić information content (AvgIpc) is 3.90. The van der Waals surface area contributed by atoms with Crippen LogP contribution in [0.25, 0.3) is 71.6 Å². The third-order valence-corrected chi connectivity index (χ3v) is 14.0. The minimum Gasteiger partial charge on any atom is -0.310 e. The molecular weight excluding hydrogens is 809 g/mol. The van der Waals surface area contributed by atoms with Crippen LogP contribution in [0.5, 0.6) is 0 Å². The molecule has 13 rings (SSSR count). The van der Waals surface area contributed by atoms with Crippen molar-refractivity contribution in [2.24, 2.45) is 0 Å². The Morgan fingerprint density at radius 2 is 0.925 bits per heavy atom. The van der Waals surface area contributed by atoms with Crippen LogP contribution in [0.3, 0.4) is 0 Å². The van der Waals surface area contributed by atoms with E-state index >= 15 is 0 Å². The van der Waals surface area contributed by atoms with Gasteiger partial charge in [0.25, 0.3) is 0 Å². The van der Waals surface area contributed by atoms with Crippen molar-refractivity contribution >= 4 is 49.6 Å². The normalized spacial score (nSPS) is 12.6. The van der Waals surface area contributed by atoms with Crippen LogP contribution in [0.15, 0.2) is 267 Å². The SMILES string of the molecule is c1ccc(-c2cccc(-c3c(N(c4ccc5c(c4)C(c4ccccc4)(c4ccccc4)c4ccccc4-5)c4ccc5ccccc5c4)ccc4c3c3ccccc3n4-c3ccccc3)c2)cc1. The van der Waals surface area contributed by atoms with Crippen LogP contribution in [0.4, 0.5) is 17.1 Å². The lowest BCUT2D eigenvalue weighted by atomic mass is 9.67. The Hall–Kier alpha value is -8.72. The number of rotatable bonds is 8. The first kappa shape index (κ1) is 38.7. The summed E-state index contributed by atoms with van der Waals surface area (Å²) in [4.78, 5) is 2.52. The molecule has 2 nitrogen and oxygen atoms in total. The maximum atomic E-state index is 2.52. The Morgan fingerprint density at radius 3 is 1.70 bits per heavy atom. The minimum absolute atomic E-state index is 0.556. The van der Waals surface area contributed by atoms with Crippen LogP contribution >= 0.6 is 0 Å². The first-order valence-corrected chi connectivity index (χ1v) is 23.2. The van der Waals surface area contributed by atoms with Crippen LogP contribution < -0.4 is 4.90 Å². The molecule has 2 heteroatoms. The Bertz CT molecular complexity index is 3760. The van der Waals surface area contributed by atoms with Crippen molar-refractivity contribution in [3.63, 3.8) is 0 Å². The lowest BCUT2D eigenvalue weighted by Crippen LogP contribution is -2.28. The molecule has 67 heavy (non-hydrogen) atoms. The molecule has 0 atom stereocenters. The number of aromatic nitrogens is 1. The van der Waals surface area contributed by atoms with Gasteiger partial charge in [0.15, 0.2) is 0 Å². The molecular formula is C65H44N2. The van der Waals surface area contributed by atoms with Gasteiger partial charge in [0.2, 0.25) is 0 Å². The van der Waals surface area contributed by atoms with Gasteiger partial charge in [-0.1, -0.05) is 206 Å². The monoisotopic (exact) mass is 852 g/mol. The summed E-state index contributed by atoms with van der Waals surface area (Å²) < 4.78 is 2.43. The highest BCUT2D eigenvalue weighted by Crippen LogP contribution is 2.58. The summed E-state index contributed by atoms with van der Waals surface area (Å²) in [5, 5.41) is 4.82. The summed E-state index contributed by atoms with van der Waals surface area (Å²) >= 11 is 0. The second kappa shape index (κ2) is 15.8. The van der Waals surface area contributed by atoms with E-state index in [0.717, 1.165) is 33.8 Å². The number of nitrogens with zero attached hydrogens (tertiary/aromatic N) is 2. The molecule has 0 saturated heterocycles. The van der Waals surface area contributed by atoms with Crippen LogP contribution in [0, 0.1) is 0 Å². The zero-order valence-electron chi connectivity index (χ0n) is 36.8. The predicted octanol–water partition coefficient (Wildman–Crippen LogP) is 17.1. The van der Waals surface area contributed by atoms with Gasteiger partial charge in [-0.2, -0.15) is 0 Å². The molecule has 314 valence electrons. The average molecular weight is 853 g/mol. The molecule has 1 aliphatic rings. The van der Waals surface area contributed by atoms with Gasteiger partial charge >= 0.3 is 0 Å². The van der Waals surface area contributed by atoms with E-state index in [1.807, 2.05) is 0 Å². The predicted molar refractivity (Wildman–Crippen MR) is 281 cm³/mol. The number of anilines is 3. The molecule has 0 fully saturated rings. The van der Waals surface area contributed by atoms with Crippen molar-refractivity contribution in [1.82, 2.24) is 4.57 Å². The van der Waals surface area contributed by atoms with Crippen molar-refractivity contribution < 1.29 is 0 Å². The Balaban J connectivity index is 1.15. The van der Waals surface area contributed by atoms with E-state index < -0.39 is 5.41 Å². The Morgan fingerprint density at radius 1 is 0.343 bits per heavy atom. The zero-order chi connectivity index (χ0) is 44.3. The highest BCUT2D eigenvalue weighted by Gasteiger charge is 2.46. The molecule has 1 heterocycles. The standard InChI is InChI=1S/C65H44N2/c1-5-20-45(21-6-1)47-24-19-25-49(42-47)63-61(40-41-62-64(63)57-33-16-18-35-60(57)67(62)52-30-11-4-12-31-52)66(53-37-36-46-22-13-14-23-48(46)43-53)54-38-39-56-55-32-15-17-34-58(55)65(59(56)44-54,50-26-7-2-8-27-50)51-28-9-3-10-29-51/h1-44H. The van der Waals surface area contributed by atoms with Crippen LogP contribution in [-0.4, -0.2) is 4.57 Å². The fourth-order valence-corrected chi connectivity index (χ4v) is 11.2. The molecule has 0 radical (unpaired) electrons. The molecule has 11 aromatic carbocycles. The fourth-order valence-electron chi connectivity index (χ4n) is 11.2. The van der Waals surface area contributed by atoms with Gasteiger partial charge in [-0.3, -0.25) is 0 Å². The highest BCUT2D eigenvalue weighted by molar-refractivity contribution is 6.19. The van der Waals surface area contributed by atoms with Gasteiger partial charge in [-0.15, -0.1) is 0 Å². The molecule has 0 saturated carbocycles. The summed E-state index contributed by atoms with van der Waals surface area (Å²) in [5.74, 6) is 0. The first-order chi connectivity index (χ1) is 33.3. The quantitative estimate of drug-likeness (QED) is 0.148. The smallest absolute Gasteiger partial charge is 0.0714 e. The van der Waals surface area contributed by atoms with Gasteiger partial charge in [-0.25, -0.2) is 0 Å². The van der Waals surface area contributed by atoms with Crippen molar-refractivity contribution in [3.8, 4) is 39.1 Å². The number of hydrogen-bond acceptors (Lipinski definition) is 1. The largest absolute Gasteiger partial charge is 0.310 e. The third kappa shape index (κ3) is 6.11. The summed E-state index contributed by atoms with van der Waals surface area (Å²) in [6, 6.07) is 98.4. The summed E-state index contributed by atoms with van der Waals surface area (Å²) in [5.41, 5.74) is 18.5. The van der Waals surface area contributed by atoms with Crippen molar-refractivity contribution in [1.29, 1.82) is 0 Å². The summed E-state index contributed by atoms with van der Waals surface area (Å²) in [6.07, 6.45) is 0. The van der Waals surface area contributed by atoms with Gasteiger partial charge in [0.1, 0.15) is 0 Å². The molecule has 1 aliphatic carbocycles. The van der Waals surface area contributed by atoms with Gasteiger partial charge in [0.05, 0.1) is 22.1 Å². The minimum atomic E-state index is -0.556. The van der Waals surface area contributed by atoms with E-state index in [1.165, 1.54) is 77.1 Å². The van der Waals surface area contributed by atoms with Crippen molar-refractivity contribution in [3.05, 3.63) is 289 Å². The van der Waals surface area contributed by atoms with Gasteiger partial charge < -0.3 is 9.47 Å². The molecule has 12 aromatic rings. The number of fused-ring (bicyclic) bond motifs is 7. The highest BCUT2D eigenvalue weighted by atomic mass is 15.1. The maximum absolute atomic E-state index is 2.52. The summed E-state index contributed by atoms with van der Waals surface area (Å²) in [7, 11) is 0. The zero-order valence-corrected chi connectivity index (χ0v) is 36.8. The maximum Gasteiger partial charge on any atom is 0.0714 e. The van der Waals surface area contributed by atoms with E-state index in [0.29, 0.717) is 0 Å². The molecule has 0 unspecified atom stereocenters. The molecule has 1 aromatic heterocycles. The van der Waals surface area contributed by atoms with E-state index in [2.05, 4.69) is 276 Å². The van der Waals surface area contributed by atoms with E-state index in [-0.39, 0.29) is 0 Å². The van der Waals surface area contributed by atoms with Crippen LogP contribution in [0.2, 0.25) is 0 Å². The molecule has 0 amide bonds. The number of hydrogen-bond donors (Lipinski definition) is 0. The Labute approximate surface area is 390 Å². The van der Waals surface area contributed by atoms with E-state index in [4.69, 9.17) is 0 Å². The number of para-hydroxylation sites is 2. The topological polar surface area (TPSA) is 8.17 Å². The van der Waals surface area contributed by atoms with Gasteiger partial charge in [0, 0.05) is 33.4 Å². The third-order valence-electron chi connectivity index (χ3n) is 14.0. The number of benzene rings is 11. The lowest BCUT2D eigenvalue weighted by molar-refractivity contribution is 0.768. The first-order valence-electron chi connectivity index (χ1n) is 23.2. The van der Waals surface area contributed by atoms with Crippen LogP contribution in [-0.2, 0) is 5.41 Å². The van der Waals surface area contributed by atoms with E-state index in [9.17, 15) is 0 Å². The molecule has 0 N–H and O–H groups in total. The molecule has 0 bridgehead atoms. The summed E-state index contributed by atoms with van der Waals surface area (Å²) in [6.45, 7) is 0. The molecule has 0 spiro atoms. The van der Waals surface area contributed by atoms with E-state index in [1.54, 1.807) is 0 Å². The van der Waals surface area contributed by atoms with Crippen molar-refractivity contribution in [2.45, 2.75) is 5.41 Å². The van der Waals surface area contributed by atoms with Crippen molar-refractivity contribution in [2.75, 3.05) is 4.90 Å². The molecule has 0 aliphatic heterocycles. The van der Waals surface area contributed by atoms with Crippen LogP contribution in [0.1, 0.15) is 22.3 Å². The second-order valence-electron chi connectivity index (χ2n) is 17.6. The fraction of sp³-hybridized carbons (Fsp3) is 0.0154. The Kier molecular flexibility index (Phi) is 9.11. The van der Waals surface area contributed by atoms with Gasteiger partial charge in [-0.05, 0) is 122 Å². The second-order valence-corrected chi connectivity index (χ2v) is 17.6.